The highest BCUT2D eigenvalue weighted by molar-refractivity contribution is 8.13. The molecule has 5 rings (SSSR count). The van der Waals surface area contributed by atoms with Crippen LogP contribution in [0.4, 0.5) is 10.3 Å². The molecule has 3 aromatic rings. The van der Waals surface area contributed by atoms with E-state index in [1.807, 2.05) is 43.3 Å². The molecular weight excluding hydrogens is 437 g/mol. The first-order valence-electron chi connectivity index (χ1n) is 11.0. The van der Waals surface area contributed by atoms with E-state index in [9.17, 15) is 9.18 Å². The zero-order valence-electron chi connectivity index (χ0n) is 18.2. The van der Waals surface area contributed by atoms with E-state index in [-0.39, 0.29) is 17.6 Å². The number of amides is 1. The summed E-state index contributed by atoms with van der Waals surface area (Å²) < 4.78 is 14.0. The highest BCUT2D eigenvalue weighted by Crippen LogP contribution is 2.46. The molecule has 0 spiro atoms. The van der Waals surface area contributed by atoms with Crippen molar-refractivity contribution in [2.75, 3.05) is 23.7 Å². The van der Waals surface area contributed by atoms with E-state index in [2.05, 4.69) is 32.3 Å². The molecule has 2 aliphatic heterocycles. The molecule has 168 valence electrons. The third kappa shape index (κ3) is 4.11. The minimum atomic E-state index is -0.546. The minimum absolute atomic E-state index is 0.173. The van der Waals surface area contributed by atoms with Crippen LogP contribution < -0.4 is 10.2 Å². The van der Waals surface area contributed by atoms with Crippen LogP contribution in [-0.2, 0) is 12.0 Å². The largest absolute Gasteiger partial charge is 0.338 e. The Morgan fingerprint density at radius 1 is 1.18 bits per heavy atom. The molecule has 3 heterocycles. The second kappa shape index (κ2) is 8.94. The van der Waals surface area contributed by atoms with Gasteiger partial charge in [0, 0.05) is 23.8 Å². The van der Waals surface area contributed by atoms with E-state index >= 15 is 0 Å². The van der Waals surface area contributed by atoms with Gasteiger partial charge in [-0.1, -0.05) is 67.2 Å². The number of fused-ring (bicyclic) bond motifs is 1. The number of thioether (sulfide) groups is 1. The number of hydrogen-bond acceptors (Lipinski definition) is 6. The van der Waals surface area contributed by atoms with Gasteiger partial charge >= 0.3 is 0 Å². The number of carbonyl (C=O) groups excluding carboxylic acids is 1. The number of nitrogens with one attached hydrogen (secondary N) is 1. The first-order valence-corrected chi connectivity index (χ1v) is 12.0. The van der Waals surface area contributed by atoms with Gasteiger partial charge < -0.3 is 10.2 Å². The maximum atomic E-state index is 14.0. The highest BCUT2D eigenvalue weighted by Gasteiger charge is 2.51. The van der Waals surface area contributed by atoms with Gasteiger partial charge in [-0.05, 0) is 24.1 Å². The number of aryl methyl sites for hydroxylation is 1. The molecule has 0 saturated carbocycles. The Balaban J connectivity index is 1.49. The molecule has 2 aromatic carbocycles. The topological polar surface area (TPSA) is 70.5 Å². The monoisotopic (exact) mass is 461 g/mol. The standard InChI is InChI=1S/C25H24FN5OS/c1-2-21-20(26)13-27-23(28-21)31-14-19-15-33-24(29-22(32)17-9-5-3-6-10-17)30-25(19,16-31)18-11-7-4-8-12-18/h3-13,19H,2,14-16H2,1H3,(H,29,30,32). The van der Waals surface area contributed by atoms with Crippen molar-refractivity contribution in [1.82, 2.24) is 15.3 Å². The lowest BCUT2D eigenvalue weighted by molar-refractivity contribution is 0.0977. The van der Waals surface area contributed by atoms with Crippen LogP contribution in [0.2, 0.25) is 0 Å². The van der Waals surface area contributed by atoms with Gasteiger partial charge in [0.15, 0.2) is 11.0 Å². The second-order valence-electron chi connectivity index (χ2n) is 8.23. The zero-order chi connectivity index (χ0) is 22.8. The van der Waals surface area contributed by atoms with E-state index in [1.165, 1.54) is 6.20 Å². The van der Waals surface area contributed by atoms with Crippen molar-refractivity contribution in [3.8, 4) is 0 Å². The Kier molecular flexibility index (Phi) is 5.85. The maximum absolute atomic E-state index is 14.0. The van der Waals surface area contributed by atoms with Gasteiger partial charge in [-0.3, -0.25) is 4.79 Å². The predicted molar refractivity (Wildman–Crippen MR) is 129 cm³/mol. The average molecular weight is 462 g/mol. The van der Waals surface area contributed by atoms with Crippen molar-refractivity contribution in [3.63, 3.8) is 0 Å². The average Bonchev–Trinajstić information content (AvgIpc) is 3.25. The molecule has 1 N–H and O–H groups in total. The van der Waals surface area contributed by atoms with Crippen molar-refractivity contribution in [1.29, 1.82) is 0 Å². The number of hydrogen-bond donors (Lipinski definition) is 1. The third-order valence-electron chi connectivity index (χ3n) is 6.22. The van der Waals surface area contributed by atoms with Crippen molar-refractivity contribution < 1.29 is 9.18 Å². The summed E-state index contributed by atoms with van der Waals surface area (Å²) in [6, 6.07) is 19.3. The summed E-state index contributed by atoms with van der Waals surface area (Å²) in [6.07, 6.45) is 1.76. The smallest absolute Gasteiger partial charge is 0.257 e. The molecule has 1 fully saturated rings. The molecule has 6 nitrogen and oxygen atoms in total. The summed E-state index contributed by atoms with van der Waals surface area (Å²) >= 11 is 1.55. The number of amidine groups is 1. The predicted octanol–water partition coefficient (Wildman–Crippen LogP) is 4.04. The fraction of sp³-hybridized carbons (Fsp3) is 0.280. The summed E-state index contributed by atoms with van der Waals surface area (Å²) in [6.45, 7) is 3.15. The second-order valence-corrected chi connectivity index (χ2v) is 9.24. The van der Waals surface area contributed by atoms with Crippen LogP contribution in [0.5, 0.6) is 0 Å². The normalized spacial score (nSPS) is 21.9. The maximum Gasteiger partial charge on any atom is 0.257 e. The summed E-state index contributed by atoms with van der Waals surface area (Å²) in [5.74, 6) is 0.957. The Bertz CT molecular complexity index is 1190. The van der Waals surface area contributed by atoms with Crippen molar-refractivity contribution in [3.05, 3.63) is 89.5 Å². The summed E-state index contributed by atoms with van der Waals surface area (Å²) in [5.41, 5.74) is 1.55. The Morgan fingerprint density at radius 3 is 2.64 bits per heavy atom. The fourth-order valence-electron chi connectivity index (χ4n) is 4.50. The quantitative estimate of drug-likeness (QED) is 0.635. The van der Waals surface area contributed by atoms with Gasteiger partial charge in [0.25, 0.3) is 5.91 Å². The molecule has 0 radical (unpaired) electrons. The Hall–Kier alpha value is -3.26. The fourth-order valence-corrected chi connectivity index (χ4v) is 5.63. The molecule has 2 unspecified atom stereocenters. The molecule has 1 saturated heterocycles. The van der Waals surface area contributed by atoms with Gasteiger partial charge in [-0.2, -0.15) is 0 Å². The lowest BCUT2D eigenvalue weighted by Crippen LogP contribution is -2.42. The molecule has 0 aliphatic carbocycles. The van der Waals surface area contributed by atoms with Crippen molar-refractivity contribution in [2.45, 2.75) is 18.9 Å². The molecule has 8 heteroatoms. The van der Waals surface area contributed by atoms with E-state index in [1.54, 1.807) is 23.9 Å². The van der Waals surface area contributed by atoms with E-state index in [0.29, 0.717) is 41.9 Å². The SMILES string of the molecule is CCc1nc(N2CC3CSC(NC(=O)c4ccccc4)=NC3(c3ccccc3)C2)ncc1F. The molecule has 2 aliphatic rings. The van der Waals surface area contributed by atoms with Crippen LogP contribution in [0.1, 0.15) is 28.5 Å². The van der Waals surface area contributed by atoms with Crippen LogP contribution in [0.3, 0.4) is 0 Å². The van der Waals surface area contributed by atoms with Gasteiger partial charge in [-0.25, -0.2) is 19.4 Å². The number of aromatic nitrogens is 2. The molecule has 0 bridgehead atoms. The van der Waals surface area contributed by atoms with Gasteiger partial charge in [0.2, 0.25) is 5.95 Å². The number of aliphatic imine (C=N–C) groups is 1. The van der Waals surface area contributed by atoms with Crippen molar-refractivity contribution in [2.24, 2.45) is 10.9 Å². The van der Waals surface area contributed by atoms with Crippen LogP contribution in [0, 0.1) is 11.7 Å². The number of rotatable bonds is 4. The van der Waals surface area contributed by atoms with Gasteiger partial charge in [0.05, 0.1) is 18.4 Å². The molecular formula is C25H24FN5OS. The van der Waals surface area contributed by atoms with E-state index in [0.717, 1.165) is 11.3 Å². The zero-order valence-corrected chi connectivity index (χ0v) is 19.1. The highest BCUT2D eigenvalue weighted by atomic mass is 32.2. The number of halogens is 1. The van der Waals surface area contributed by atoms with Gasteiger partial charge in [0.1, 0.15) is 5.54 Å². The number of carbonyl (C=O) groups is 1. The Labute approximate surface area is 196 Å². The molecule has 33 heavy (non-hydrogen) atoms. The molecule has 2 atom stereocenters. The summed E-state index contributed by atoms with van der Waals surface area (Å²) in [5, 5.41) is 3.61. The number of anilines is 1. The van der Waals surface area contributed by atoms with Gasteiger partial charge in [-0.15, -0.1) is 0 Å². The van der Waals surface area contributed by atoms with Crippen LogP contribution in [0.25, 0.3) is 0 Å². The lowest BCUT2D eigenvalue weighted by Gasteiger charge is -2.35. The molecule has 1 amide bonds. The number of nitrogens with zero attached hydrogens (tertiary/aromatic N) is 4. The first kappa shape index (κ1) is 21.6. The lowest BCUT2D eigenvalue weighted by atomic mass is 9.82. The third-order valence-corrected chi connectivity index (χ3v) is 7.26. The summed E-state index contributed by atoms with van der Waals surface area (Å²) in [7, 11) is 0. The van der Waals surface area contributed by atoms with Crippen molar-refractivity contribution >= 4 is 28.8 Å². The van der Waals surface area contributed by atoms with E-state index in [4.69, 9.17) is 4.99 Å². The molecule has 1 aromatic heterocycles. The van der Waals surface area contributed by atoms with Crippen LogP contribution in [0.15, 0.2) is 71.9 Å². The summed E-state index contributed by atoms with van der Waals surface area (Å²) in [4.78, 5) is 28.7. The first-order chi connectivity index (χ1) is 16.1. The van der Waals surface area contributed by atoms with Crippen LogP contribution in [-0.4, -0.2) is 39.9 Å². The number of benzene rings is 2. The van der Waals surface area contributed by atoms with Crippen LogP contribution >= 0.6 is 11.8 Å². The Morgan fingerprint density at radius 2 is 1.91 bits per heavy atom. The van der Waals surface area contributed by atoms with E-state index < -0.39 is 5.54 Å². The minimum Gasteiger partial charge on any atom is -0.338 e.